The summed E-state index contributed by atoms with van der Waals surface area (Å²) in [5.74, 6) is 0. The van der Waals surface area contributed by atoms with Gasteiger partial charge in [0.15, 0.2) is 0 Å². The SMILES string of the molecule is C1CCCCC1.C1N2CN3CN1CN(C2)C3. The summed E-state index contributed by atoms with van der Waals surface area (Å²) >= 11 is 0. The van der Waals surface area contributed by atoms with Crippen molar-refractivity contribution in [2.24, 2.45) is 0 Å². The molecule has 4 heterocycles. The summed E-state index contributed by atoms with van der Waals surface area (Å²) in [5.41, 5.74) is 0. The molecule has 92 valence electrons. The van der Waals surface area contributed by atoms with Crippen molar-refractivity contribution in [2.45, 2.75) is 38.5 Å². The molecule has 4 saturated heterocycles. The van der Waals surface area contributed by atoms with Gasteiger partial charge in [-0.1, -0.05) is 38.5 Å². The van der Waals surface area contributed by atoms with Crippen LogP contribution in [0.1, 0.15) is 38.5 Å². The molecule has 4 nitrogen and oxygen atoms in total. The third-order valence-electron chi connectivity index (χ3n) is 3.90. The van der Waals surface area contributed by atoms with E-state index >= 15 is 0 Å². The van der Waals surface area contributed by atoms with Crippen molar-refractivity contribution in [3.05, 3.63) is 0 Å². The first kappa shape index (κ1) is 11.0. The molecular formula is C12H24N4. The van der Waals surface area contributed by atoms with E-state index in [-0.39, 0.29) is 0 Å². The lowest BCUT2D eigenvalue weighted by Gasteiger charge is -2.56. The van der Waals surface area contributed by atoms with Crippen LogP contribution in [-0.4, -0.2) is 59.6 Å². The van der Waals surface area contributed by atoms with Crippen LogP contribution < -0.4 is 0 Å². The van der Waals surface area contributed by atoms with Gasteiger partial charge in [-0.05, 0) is 0 Å². The van der Waals surface area contributed by atoms with Crippen LogP contribution in [0.5, 0.6) is 0 Å². The number of nitrogens with zero attached hydrogens (tertiary/aromatic N) is 4. The highest BCUT2D eigenvalue weighted by Crippen LogP contribution is 2.20. The lowest BCUT2D eigenvalue weighted by Crippen LogP contribution is -2.71. The second-order valence-electron chi connectivity index (χ2n) is 5.65. The van der Waals surface area contributed by atoms with Crippen molar-refractivity contribution < 1.29 is 0 Å². The average molecular weight is 224 g/mol. The van der Waals surface area contributed by atoms with E-state index in [9.17, 15) is 0 Å². The van der Waals surface area contributed by atoms with Crippen molar-refractivity contribution in [1.29, 1.82) is 0 Å². The van der Waals surface area contributed by atoms with E-state index in [0.29, 0.717) is 0 Å². The summed E-state index contributed by atoms with van der Waals surface area (Å²) < 4.78 is 0. The molecule has 4 aliphatic heterocycles. The molecule has 4 bridgehead atoms. The number of rotatable bonds is 0. The Bertz CT molecular complexity index is 159. The van der Waals surface area contributed by atoms with Gasteiger partial charge in [-0.2, -0.15) is 0 Å². The summed E-state index contributed by atoms with van der Waals surface area (Å²) in [6, 6.07) is 0. The summed E-state index contributed by atoms with van der Waals surface area (Å²) in [5, 5.41) is 0. The molecule has 1 aliphatic carbocycles. The van der Waals surface area contributed by atoms with Gasteiger partial charge < -0.3 is 0 Å². The first-order valence-electron chi connectivity index (χ1n) is 6.79. The zero-order valence-electron chi connectivity index (χ0n) is 10.3. The van der Waals surface area contributed by atoms with E-state index < -0.39 is 0 Å². The fourth-order valence-electron chi connectivity index (χ4n) is 3.29. The van der Waals surface area contributed by atoms with Gasteiger partial charge in [0.2, 0.25) is 0 Å². The molecule has 0 amide bonds. The van der Waals surface area contributed by atoms with Crippen molar-refractivity contribution in [3.8, 4) is 0 Å². The van der Waals surface area contributed by atoms with Crippen molar-refractivity contribution >= 4 is 0 Å². The largest absolute Gasteiger partial charge is 0.264 e. The van der Waals surface area contributed by atoms with Crippen LogP contribution in [0, 0.1) is 0 Å². The predicted octanol–water partition coefficient (Wildman–Crippen LogP) is 1.32. The molecular weight excluding hydrogens is 200 g/mol. The second-order valence-corrected chi connectivity index (χ2v) is 5.65. The molecule has 0 aromatic heterocycles. The highest BCUT2D eigenvalue weighted by Gasteiger charge is 2.36. The molecule has 5 aliphatic rings. The van der Waals surface area contributed by atoms with Gasteiger partial charge in [0, 0.05) is 0 Å². The minimum absolute atomic E-state index is 1.19. The van der Waals surface area contributed by atoms with Crippen molar-refractivity contribution in [3.63, 3.8) is 0 Å². The van der Waals surface area contributed by atoms with Crippen LogP contribution >= 0.6 is 0 Å². The van der Waals surface area contributed by atoms with Crippen LogP contribution in [0.25, 0.3) is 0 Å². The van der Waals surface area contributed by atoms with Gasteiger partial charge in [-0.25, -0.2) is 0 Å². The molecule has 0 aromatic rings. The molecule has 5 fully saturated rings. The maximum Gasteiger partial charge on any atom is 0.0555 e. The standard InChI is InChI=1S/C6H12N4.C6H12/c1-7-2-9-4-8(1)5-10(3-7)6-9;1-2-4-6-5-3-1/h1-6H2;1-6H2. The van der Waals surface area contributed by atoms with Crippen LogP contribution in [0.15, 0.2) is 0 Å². The zero-order chi connectivity index (χ0) is 10.8. The van der Waals surface area contributed by atoms with E-state index in [1.807, 2.05) is 0 Å². The highest BCUT2D eigenvalue weighted by molar-refractivity contribution is 4.79. The Labute approximate surface area is 98.8 Å². The Kier molecular flexibility index (Phi) is 3.43. The molecule has 0 atom stereocenters. The Morgan fingerprint density at radius 2 is 0.500 bits per heavy atom. The Balaban J connectivity index is 0.000000117. The number of hydrogen-bond donors (Lipinski definition) is 0. The van der Waals surface area contributed by atoms with Gasteiger partial charge in [-0.15, -0.1) is 0 Å². The second kappa shape index (κ2) is 5.00. The highest BCUT2D eigenvalue weighted by atomic mass is 15.7. The fraction of sp³-hybridized carbons (Fsp3) is 1.00. The maximum atomic E-state index is 2.47. The molecule has 0 unspecified atom stereocenters. The van der Waals surface area contributed by atoms with Crippen LogP contribution in [0.2, 0.25) is 0 Å². The summed E-state index contributed by atoms with van der Waals surface area (Å²) in [6.07, 6.45) is 9.00. The first-order valence-corrected chi connectivity index (χ1v) is 6.79. The van der Waals surface area contributed by atoms with Crippen LogP contribution in [-0.2, 0) is 0 Å². The monoisotopic (exact) mass is 224 g/mol. The summed E-state index contributed by atoms with van der Waals surface area (Å²) in [6.45, 7) is 7.12. The molecule has 0 radical (unpaired) electrons. The van der Waals surface area contributed by atoms with Gasteiger partial charge in [0.1, 0.15) is 0 Å². The zero-order valence-corrected chi connectivity index (χ0v) is 10.3. The Morgan fingerprint density at radius 1 is 0.312 bits per heavy atom. The maximum absolute atomic E-state index is 2.47. The molecule has 4 heteroatoms. The van der Waals surface area contributed by atoms with Gasteiger partial charge in [0.05, 0.1) is 40.0 Å². The van der Waals surface area contributed by atoms with E-state index in [1.165, 1.54) is 78.5 Å². The number of hydrogen-bond acceptors (Lipinski definition) is 4. The normalized spacial score (nSPS) is 45.0. The van der Waals surface area contributed by atoms with Crippen molar-refractivity contribution in [1.82, 2.24) is 19.6 Å². The van der Waals surface area contributed by atoms with E-state index in [1.54, 1.807) is 0 Å². The smallest absolute Gasteiger partial charge is 0.0555 e. The molecule has 0 aromatic carbocycles. The van der Waals surface area contributed by atoms with E-state index in [0.717, 1.165) is 0 Å². The van der Waals surface area contributed by atoms with Crippen molar-refractivity contribution in [2.75, 3.05) is 40.0 Å². The van der Waals surface area contributed by atoms with Gasteiger partial charge in [-0.3, -0.25) is 19.6 Å². The lowest BCUT2D eigenvalue weighted by atomic mass is 10.0. The average Bonchev–Trinajstić information content (AvgIpc) is 2.30. The first-order chi connectivity index (χ1) is 7.90. The topological polar surface area (TPSA) is 13.0 Å². The third-order valence-corrected chi connectivity index (χ3v) is 3.90. The molecule has 1 saturated carbocycles. The minimum Gasteiger partial charge on any atom is -0.264 e. The van der Waals surface area contributed by atoms with E-state index in [4.69, 9.17) is 0 Å². The van der Waals surface area contributed by atoms with Crippen LogP contribution in [0.3, 0.4) is 0 Å². The molecule has 0 spiro atoms. The quantitative estimate of drug-likeness (QED) is 0.615. The Morgan fingerprint density at radius 3 is 0.688 bits per heavy atom. The molecule has 0 N–H and O–H groups in total. The minimum atomic E-state index is 1.19. The third kappa shape index (κ3) is 2.56. The molecule has 5 rings (SSSR count). The van der Waals surface area contributed by atoms with Crippen LogP contribution in [0.4, 0.5) is 0 Å². The van der Waals surface area contributed by atoms with Gasteiger partial charge in [0.25, 0.3) is 0 Å². The Hall–Kier alpha value is -0.160. The van der Waals surface area contributed by atoms with E-state index in [2.05, 4.69) is 19.6 Å². The summed E-state index contributed by atoms with van der Waals surface area (Å²) in [7, 11) is 0. The lowest BCUT2D eigenvalue weighted by molar-refractivity contribution is -0.194. The fourth-order valence-corrected chi connectivity index (χ4v) is 3.29. The predicted molar refractivity (Wildman–Crippen MR) is 64.3 cm³/mol. The van der Waals surface area contributed by atoms with Gasteiger partial charge >= 0.3 is 0 Å². The molecule has 16 heavy (non-hydrogen) atoms. The summed E-state index contributed by atoms with van der Waals surface area (Å²) in [4.78, 5) is 9.88.